The zero-order valence-electron chi connectivity index (χ0n) is 12.5. The first-order valence-corrected chi connectivity index (χ1v) is 9.14. The average molecular weight is 317 g/mol. The van der Waals surface area contributed by atoms with Crippen molar-refractivity contribution >= 4 is 21.8 Å². The molecule has 120 valence electrons. The summed E-state index contributed by atoms with van der Waals surface area (Å²) in [5.74, 6) is 0.380. The number of amides is 2. The van der Waals surface area contributed by atoms with E-state index in [1.165, 1.54) is 6.92 Å². The molecule has 0 saturated carbocycles. The molecular formula is C13H23N3O4S. The van der Waals surface area contributed by atoms with E-state index in [1.54, 1.807) is 4.90 Å². The minimum absolute atomic E-state index is 0.0182. The summed E-state index contributed by atoms with van der Waals surface area (Å²) < 4.78 is 24.6. The van der Waals surface area contributed by atoms with E-state index in [4.69, 9.17) is 0 Å². The third-order valence-corrected chi connectivity index (χ3v) is 4.93. The summed E-state index contributed by atoms with van der Waals surface area (Å²) in [7, 11) is -3.14. The number of piperidine rings is 1. The standard InChI is InChI=1S/C13H23N3O4S/c1-10(17)16-8-12(9-16)13(18)15-5-3-11(4-6-15)7-14-21(2,19)20/h11-12,14H,3-9H2,1-2H3. The number of carbonyl (C=O) groups excluding carboxylic acids is 2. The Hall–Kier alpha value is -1.15. The van der Waals surface area contributed by atoms with Gasteiger partial charge in [-0.05, 0) is 18.8 Å². The van der Waals surface area contributed by atoms with Gasteiger partial charge >= 0.3 is 0 Å². The number of hydrogen-bond donors (Lipinski definition) is 1. The molecule has 0 aliphatic carbocycles. The lowest BCUT2D eigenvalue weighted by Crippen LogP contribution is -2.57. The normalized spacial score (nSPS) is 21.2. The van der Waals surface area contributed by atoms with Crippen molar-refractivity contribution in [1.82, 2.24) is 14.5 Å². The number of nitrogens with one attached hydrogen (secondary N) is 1. The van der Waals surface area contributed by atoms with Gasteiger partial charge in [0.1, 0.15) is 0 Å². The third kappa shape index (κ3) is 4.41. The summed E-state index contributed by atoms with van der Waals surface area (Å²) in [5.41, 5.74) is 0. The highest BCUT2D eigenvalue weighted by molar-refractivity contribution is 7.88. The largest absolute Gasteiger partial charge is 0.342 e. The highest BCUT2D eigenvalue weighted by atomic mass is 32.2. The Morgan fingerprint density at radius 3 is 2.19 bits per heavy atom. The molecule has 0 radical (unpaired) electrons. The Morgan fingerprint density at radius 2 is 1.71 bits per heavy atom. The molecule has 0 aromatic rings. The second-order valence-corrected chi connectivity index (χ2v) is 7.84. The van der Waals surface area contributed by atoms with E-state index in [1.807, 2.05) is 4.90 Å². The third-order valence-electron chi connectivity index (χ3n) is 4.24. The van der Waals surface area contributed by atoms with E-state index >= 15 is 0 Å². The molecule has 2 aliphatic rings. The van der Waals surface area contributed by atoms with Crippen LogP contribution in [-0.2, 0) is 19.6 Å². The lowest BCUT2D eigenvalue weighted by Gasteiger charge is -2.41. The van der Waals surface area contributed by atoms with Gasteiger partial charge in [0.15, 0.2) is 0 Å². The number of carbonyl (C=O) groups is 2. The van der Waals surface area contributed by atoms with Gasteiger partial charge in [-0.2, -0.15) is 0 Å². The number of likely N-dealkylation sites (tertiary alicyclic amines) is 2. The van der Waals surface area contributed by atoms with Crippen molar-refractivity contribution in [2.45, 2.75) is 19.8 Å². The van der Waals surface area contributed by atoms with E-state index in [0.29, 0.717) is 38.6 Å². The van der Waals surface area contributed by atoms with Crippen LogP contribution in [-0.4, -0.2) is 69.0 Å². The predicted octanol–water partition coefficient (Wildman–Crippen LogP) is -0.747. The van der Waals surface area contributed by atoms with Gasteiger partial charge in [-0.25, -0.2) is 13.1 Å². The summed E-state index contributed by atoms with van der Waals surface area (Å²) in [5, 5.41) is 0. The average Bonchev–Trinajstić information content (AvgIpc) is 2.33. The molecule has 0 spiro atoms. The van der Waals surface area contributed by atoms with E-state index in [2.05, 4.69) is 4.72 Å². The smallest absolute Gasteiger partial charge is 0.229 e. The molecule has 21 heavy (non-hydrogen) atoms. The van der Waals surface area contributed by atoms with Crippen molar-refractivity contribution in [2.24, 2.45) is 11.8 Å². The molecule has 2 aliphatic heterocycles. The van der Waals surface area contributed by atoms with Gasteiger partial charge in [-0.3, -0.25) is 9.59 Å². The lowest BCUT2D eigenvalue weighted by molar-refractivity contribution is -0.148. The maximum atomic E-state index is 12.2. The molecule has 2 rings (SSSR count). The maximum Gasteiger partial charge on any atom is 0.229 e. The molecule has 2 fully saturated rings. The number of hydrogen-bond acceptors (Lipinski definition) is 4. The van der Waals surface area contributed by atoms with Crippen LogP contribution in [0.4, 0.5) is 0 Å². The number of rotatable bonds is 4. The zero-order chi connectivity index (χ0) is 15.6. The molecule has 0 unspecified atom stereocenters. The molecule has 0 aromatic heterocycles. The highest BCUT2D eigenvalue weighted by Crippen LogP contribution is 2.22. The van der Waals surface area contributed by atoms with Crippen LogP contribution < -0.4 is 4.72 Å². The van der Waals surface area contributed by atoms with E-state index in [-0.39, 0.29) is 17.7 Å². The molecule has 7 nitrogen and oxygen atoms in total. The van der Waals surface area contributed by atoms with Crippen molar-refractivity contribution in [3.8, 4) is 0 Å². The number of sulfonamides is 1. The van der Waals surface area contributed by atoms with Crippen molar-refractivity contribution < 1.29 is 18.0 Å². The van der Waals surface area contributed by atoms with Crippen LogP contribution in [0.1, 0.15) is 19.8 Å². The minimum atomic E-state index is -3.14. The summed E-state index contributed by atoms with van der Waals surface area (Å²) in [6.45, 7) is 4.37. The summed E-state index contributed by atoms with van der Waals surface area (Å²) in [6.07, 6.45) is 2.79. The zero-order valence-corrected chi connectivity index (χ0v) is 13.4. The SMILES string of the molecule is CC(=O)N1CC(C(=O)N2CCC(CNS(C)(=O)=O)CC2)C1. The second kappa shape index (κ2) is 6.31. The Morgan fingerprint density at radius 1 is 1.14 bits per heavy atom. The van der Waals surface area contributed by atoms with Gasteiger partial charge < -0.3 is 9.80 Å². The van der Waals surface area contributed by atoms with E-state index in [9.17, 15) is 18.0 Å². The van der Waals surface area contributed by atoms with Crippen molar-refractivity contribution in [1.29, 1.82) is 0 Å². The van der Waals surface area contributed by atoms with Crippen LogP contribution in [0.15, 0.2) is 0 Å². The molecular weight excluding hydrogens is 294 g/mol. The Kier molecular flexibility index (Phi) is 4.88. The summed E-state index contributed by atoms with van der Waals surface area (Å²) in [4.78, 5) is 26.9. The predicted molar refractivity (Wildman–Crippen MR) is 77.9 cm³/mol. The van der Waals surface area contributed by atoms with E-state index < -0.39 is 10.0 Å². The van der Waals surface area contributed by atoms with Gasteiger partial charge in [-0.1, -0.05) is 0 Å². The fourth-order valence-corrected chi connectivity index (χ4v) is 3.32. The van der Waals surface area contributed by atoms with Crippen LogP contribution in [0.3, 0.4) is 0 Å². The monoisotopic (exact) mass is 317 g/mol. The van der Waals surface area contributed by atoms with Crippen molar-refractivity contribution in [3.63, 3.8) is 0 Å². The summed E-state index contributed by atoms with van der Waals surface area (Å²) >= 11 is 0. The van der Waals surface area contributed by atoms with Crippen molar-refractivity contribution in [2.75, 3.05) is 39.0 Å². The molecule has 0 atom stereocenters. The van der Waals surface area contributed by atoms with Crippen LogP contribution in [0, 0.1) is 11.8 Å². The Bertz CT molecular complexity index is 506. The minimum Gasteiger partial charge on any atom is -0.342 e. The molecule has 2 heterocycles. The fourth-order valence-electron chi connectivity index (χ4n) is 2.78. The summed E-state index contributed by atoms with van der Waals surface area (Å²) in [6, 6.07) is 0. The van der Waals surface area contributed by atoms with Gasteiger partial charge in [-0.15, -0.1) is 0 Å². The first-order valence-electron chi connectivity index (χ1n) is 7.25. The van der Waals surface area contributed by atoms with Gasteiger partial charge in [0.25, 0.3) is 0 Å². The van der Waals surface area contributed by atoms with Crippen molar-refractivity contribution in [3.05, 3.63) is 0 Å². The van der Waals surface area contributed by atoms with Gasteiger partial charge in [0.05, 0.1) is 12.2 Å². The van der Waals surface area contributed by atoms with Crippen LogP contribution in [0.5, 0.6) is 0 Å². The molecule has 2 saturated heterocycles. The molecule has 1 N–H and O–H groups in total. The first-order chi connectivity index (χ1) is 9.76. The molecule has 2 amide bonds. The molecule has 0 aromatic carbocycles. The topological polar surface area (TPSA) is 86.8 Å². The van der Waals surface area contributed by atoms with Gasteiger partial charge in [0.2, 0.25) is 21.8 Å². The first kappa shape index (κ1) is 16.2. The van der Waals surface area contributed by atoms with E-state index in [0.717, 1.165) is 19.1 Å². The Balaban J connectivity index is 1.72. The lowest BCUT2D eigenvalue weighted by atomic mass is 9.93. The van der Waals surface area contributed by atoms with Gasteiger partial charge in [0, 0.05) is 39.6 Å². The highest BCUT2D eigenvalue weighted by Gasteiger charge is 2.37. The fraction of sp³-hybridized carbons (Fsp3) is 0.846. The molecule has 0 bridgehead atoms. The second-order valence-electron chi connectivity index (χ2n) is 6.01. The van der Waals surface area contributed by atoms with Crippen LogP contribution in [0.25, 0.3) is 0 Å². The van der Waals surface area contributed by atoms with Crippen LogP contribution >= 0.6 is 0 Å². The molecule has 8 heteroatoms. The Labute approximate surface area is 125 Å². The maximum absolute atomic E-state index is 12.2. The van der Waals surface area contributed by atoms with Crippen LogP contribution in [0.2, 0.25) is 0 Å². The quantitative estimate of drug-likeness (QED) is 0.739. The number of nitrogens with zero attached hydrogens (tertiary/aromatic N) is 2.